The zero-order valence-corrected chi connectivity index (χ0v) is 24.8. The van der Waals surface area contributed by atoms with Gasteiger partial charge in [-0.15, -0.1) is 0 Å². The van der Waals surface area contributed by atoms with Crippen molar-refractivity contribution >= 4 is 47.7 Å². The van der Waals surface area contributed by atoms with Crippen LogP contribution < -0.4 is 31.8 Å². The Morgan fingerprint density at radius 1 is 0.415 bits per heavy atom. The third-order valence-electron chi connectivity index (χ3n) is 7.34. The molecular formula is C38H32OP2. The molecule has 200 valence electrons. The van der Waals surface area contributed by atoms with Gasteiger partial charge in [-0.05, 0) is 76.8 Å². The molecule has 0 aliphatic heterocycles. The molecule has 6 rings (SSSR count). The van der Waals surface area contributed by atoms with Crippen LogP contribution in [0.5, 0.6) is 0 Å². The van der Waals surface area contributed by atoms with Crippen LogP contribution >= 0.6 is 15.8 Å². The molecule has 0 amide bonds. The molecule has 0 fully saturated rings. The molecule has 0 saturated carbocycles. The van der Waals surface area contributed by atoms with E-state index >= 15 is 0 Å². The molecule has 0 spiro atoms. The SMILES string of the molecule is Cc1cccc(P(c2ccccc2)c2ccccc2)c1-c1c(CO)cccc1P(c1ccccc1)c1ccccc1. The summed E-state index contributed by atoms with van der Waals surface area (Å²) in [4.78, 5) is 0. The number of aliphatic hydroxyl groups excluding tert-OH is 1. The molecule has 0 atom stereocenters. The van der Waals surface area contributed by atoms with Crippen LogP contribution in [0.3, 0.4) is 0 Å². The Hall–Kier alpha value is -3.86. The van der Waals surface area contributed by atoms with Crippen LogP contribution in [0.4, 0.5) is 0 Å². The van der Waals surface area contributed by atoms with E-state index in [1.807, 2.05) is 0 Å². The van der Waals surface area contributed by atoms with Gasteiger partial charge in [-0.1, -0.05) is 158 Å². The Bertz CT molecular complexity index is 1640. The first-order chi connectivity index (χ1) is 20.3. The second kappa shape index (κ2) is 12.8. The quantitative estimate of drug-likeness (QED) is 0.204. The van der Waals surface area contributed by atoms with Crippen molar-refractivity contribution in [2.24, 2.45) is 0 Å². The molecule has 41 heavy (non-hydrogen) atoms. The molecule has 0 unspecified atom stereocenters. The van der Waals surface area contributed by atoms with Crippen LogP contribution in [0.2, 0.25) is 0 Å². The predicted molar refractivity (Wildman–Crippen MR) is 180 cm³/mol. The fourth-order valence-electron chi connectivity index (χ4n) is 5.52. The second-order valence-corrected chi connectivity index (χ2v) is 14.3. The minimum absolute atomic E-state index is 0.0156. The molecule has 0 bridgehead atoms. The van der Waals surface area contributed by atoms with Gasteiger partial charge in [-0.2, -0.15) is 0 Å². The molecule has 0 heterocycles. The number of rotatable bonds is 8. The Kier molecular flexibility index (Phi) is 8.50. The van der Waals surface area contributed by atoms with Crippen LogP contribution in [0.1, 0.15) is 11.1 Å². The predicted octanol–water partition coefficient (Wildman–Crippen LogP) is 6.67. The Morgan fingerprint density at radius 2 is 0.780 bits per heavy atom. The summed E-state index contributed by atoms with van der Waals surface area (Å²) in [7, 11) is -1.71. The first kappa shape index (κ1) is 27.3. The average Bonchev–Trinajstić information content (AvgIpc) is 3.04. The third kappa shape index (κ3) is 5.68. The van der Waals surface area contributed by atoms with Crippen LogP contribution in [0.25, 0.3) is 11.1 Å². The number of hydrogen-bond donors (Lipinski definition) is 1. The summed E-state index contributed by atoms with van der Waals surface area (Å²) in [6.07, 6.45) is 0. The molecule has 6 aromatic carbocycles. The van der Waals surface area contributed by atoms with Gasteiger partial charge < -0.3 is 5.11 Å². The largest absolute Gasteiger partial charge is 0.392 e. The molecule has 0 radical (unpaired) electrons. The highest BCUT2D eigenvalue weighted by Gasteiger charge is 2.27. The van der Waals surface area contributed by atoms with Gasteiger partial charge in [0.15, 0.2) is 0 Å². The van der Waals surface area contributed by atoms with Crippen molar-refractivity contribution in [1.82, 2.24) is 0 Å². The normalized spacial score (nSPS) is 11.2. The Balaban J connectivity index is 1.67. The monoisotopic (exact) mass is 566 g/mol. The van der Waals surface area contributed by atoms with Crippen molar-refractivity contribution in [2.75, 3.05) is 0 Å². The number of benzene rings is 6. The fraction of sp³-hybridized carbons (Fsp3) is 0.0526. The maximum Gasteiger partial charge on any atom is 0.0688 e. The molecular weight excluding hydrogens is 534 g/mol. The topological polar surface area (TPSA) is 20.2 Å². The maximum atomic E-state index is 10.8. The summed E-state index contributed by atoms with van der Waals surface area (Å²) in [5.74, 6) is 0. The zero-order chi connectivity index (χ0) is 28.0. The van der Waals surface area contributed by atoms with Gasteiger partial charge in [0.2, 0.25) is 0 Å². The van der Waals surface area contributed by atoms with Crippen LogP contribution in [-0.2, 0) is 6.61 Å². The van der Waals surface area contributed by atoms with Gasteiger partial charge in [0.25, 0.3) is 0 Å². The number of hydrogen-bond acceptors (Lipinski definition) is 1. The first-order valence-corrected chi connectivity index (χ1v) is 16.6. The van der Waals surface area contributed by atoms with E-state index in [2.05, 4.69) is 165 Å². The van der Waals surface area contributed by atoms with Crippen molar-refractivity contribution in [2.45, 2.75) is 13.5 Å². The molecule has 1 N–H and O–H groups in total. The summed E-state index contributed by atoms with van der Waals surface area (Å²) >= 11 is 0. The van der Waals surface area contributed by atoms with Gasteiger partial charge in [-0.25, -0.2) is 0 Å². The van der Waals surface area contributed by atoms with Crippen molar-refractivity contribution in [3.63, 3.8) is 0 Å². The van der Waals surface area contributed by atoms with E-state index < -0.39 is 15.8 Å². The summed E-state index contributed by atoms with van der Waals surface area (Å²) in [6, 6.07) is 56.6. The molecule has 0 aliphatic carbocycles. The maximum absolute atomic E-state index is 10.8. The molecule has 6 aromatic rings. The van der Waals surface area contributed by atoms with E-state index in [0.29, 0.717) is 0 Å². The van der Waals surface area contributed by atoms with E-state index in [1.165, 1.54) is 48.5 Å². The Morgan fingerprint density at radius 3 is 1.17 bits per heavy atom. The van der Waals surface area contributed by atoms with Crippen molar-refractivity contribution in [3.05, 3.63) is 169 Å². The molecule has 1 nitrogen and oxygen atoms in total. The van der Waals surface area contributed by atoms with Crippen molar-refractivity contribution in [3.8, 4) is 11.1 Å². The smallest absolute Gasteiger partial charge is 0.0688 e. The minimum atomic E-state index is -0.869. The Labute approximate surface area is 245 Å². The summed E-state index contributed by atoms with van der Waals surface area (Å²) < 4.78 is 0. The number of aryl methyl sites for hydroxylation is 1. The van der Waals surface area contributed by atoms with Gasteiger partial charge in [-0.3, -0.25) is 0 Å². The molecule has 0 aromatic heterocycles. The lowest BCUT2D eigenvalue weighted by Gasteiger charge is -2.28. The lowest BCUT2D eigenvalue weighted by atomic mass is 9.96. The van der Waals surface area contributed by atoms with Crippen molar-refractivity contribution in [1.29, 1.82) is 0 Å². The average molecular weight is 567 g/mol. The minimum Gasteiger partial charge on any atom is -0.392 e. The third-order valence-corrected chi connectivity index (χ3v) is 12.3. The molecule has 3 heteroatoms. The highest BCUT2D eigenvalue weighted by Crippen LogP contribution is 2.43. The molecule has 0 saturated heterocycles. The van der Waals surface area contributed by atoms with Gasteiger partial charge in [0.05, 0.1) is 6.61 Å². The summed E-state index contributed by atoms with van der Waals surface area (Å²) in [5, 5.41) is 18.6. The lowest BCUT2D eigenvalue weighted by molar-refractivity contribution is 0.282. The molecule has 0 aliphatic rings. The summed E-state index contributed by atoms with van der Waals surface area (Å²) in [6.45, 7) is 2.20. The van der Waals surface area contributed by atoms with Crippen LogP contribution in [-0.4, -0.2) is 5.11 Å². The highest BCUT2D eigenvalue weighted by molar-refractivity contribution is 7.80. The van der Waals surface area contributed by atoms with Crippen molar-refractivity contribution < 1.29 is 5.11 Å². The zero-order valence-electron chi connectivity index (χ0n) is 23.1. The summed E-state index contributed by atoms with van der Waals surface area (Å²) in [5.41, 5.74) is 4.60. The van der Waals surface area contributed by atoms with E-state index in [0.717, 1.165) is 5.56 Å². The number of aliphatic hydroxyl groups is 1. The van der Waals surface area contributed by atoms with Gasteiger partial charge in [0, 0.05) is 0 Å². The fourth-order valence-corrected chi connectivity index (χ4v) is 10.6. The van der Waals surface area contributed by atoms with Crippen LogP contribution in [0, 0.1) is 6.92 Å². The van der Waals surface area contributed by atoms with E-state index in [-0.39, 0.29) is 6.61 Å². The lowest BCUT2D eigenvalue weighted by Crippen LogP contribution is -2.27. The highest BCUT2D eigenvalue weighted by atomic mass is 31.1. The van der Waals surface area contributed by atoms with Crippen LogP contribution in [0.15, 0.2) is 158 Å². The first-order valence-electron chi connectivity index (χ1n) is 13.9. The van der Waals surface area contributed by atoms with Gasteiger partial charge >= 0.3 is 0 Å². The van der Waals surface area contributed by atoms with Gasteiger partial charge in [0.1, 0.15) is 0 Å². The second-order valence-electron chi connectivity index (χ2n) is 9.95. The standard InChI is InChI=1S/C38H32OP2/c1-29-16-14-26-35(40(31-18-6-2-7-19-31)32-20-8-3-9-21-32)37(29)38-30(28-39)17-15-27-36(38)41(33-22-10-4-11-23-33)34-24-12-5-13-25-34/h2-27,39H,28H2,1H3. The van der Waals surface area contributed by atoms with E-state index in [9.17, 15) is 5.11 Å². The van der Waals surface area contributed by atoms with E-state index in [1.54, 1.807) is 0 Å². The van der Waals surface area contributed by atoms with E-state index in [4.69, 9.17) is 0 Å².